The SMILES string of the molecule is CC1(C)[C@H](CC(=O)O)[C@@H]1CO. The molecule has 1 saturated carbocycles. The van der Waals surface area contributed by atoms with Crippen LogP contribution >= 0.6 is 0 Å². The average molecular weight is 158 g/mol. The Bertz CT molecular complexity index is 174. The highest BCUT2D eigenvalue weighted by Gasteiger charge is 2.57. The molecule has 1 rings (SSSR count). The van der Waals surface area contributed by atoms with Crippen molar-refractivity contribution in [3.05, 3.63) is 0 Å². The number of aliphatic hydroxyl groups excluding tert-OH is 1. The lowest BCUT2D eigenvalue weighted by atomic mass is 10.1. The lowest BCUT2D eigenvalue weighted by molar-refractivity contribution is -0.137. The molecule has 1 fully saturated rings. The third-order valence-electron chi connectivity index (χ3n) is 2.88. The van der Waals surface area contributed by atoms with Crippen LogP contribution in [0, 0.1) is 17.3 Å². The monoisotopic (exact) mass is 158 g/mol. The maximum atomic E-state index is 10.3. The van der Waals surface area contributed by atoms with Gasteiger partial charge in [0, 0.05) is 13.0 Å². The Labute approximate surface area is 66.0 Å². The number of carbonyl (C=O) groups is 1. The smallest absolute Gasteiger partial charge is 0.303 e. The molecule has 2 atom stereocenters. The maximum absolute atomic E-state index is 10.3. The van der Waals surface area contributed by atoms with Crippen molar-refractivity contribution in [2.45, 2.75) is 20.3 Å². The summed E-state index contributed by atoms with van der Waals surface area (Å²) in [4.78, 5) is 10.3. The topological polar surface area (TPSA) is 57.5 Å². The van der Waals surface area contributed by atoms with Gasteiger partial charge in [0.05, 0.1) is 0 Å². The number of carboxylic acid groups (broad SMARTS) is 1. The molecular weight excluding hydrogens is 144 g/mol. The van der Waals surface area contributed by atoms with Gasteiger partial charge in [-0.2, -0.15) is 0 Å². The van der Waals surface area contributed by atoms with E-state index in [0.717, 1.165) is 0 Å². The summed E-state index contributed by atoms with van der Waals surface area (Å²) < 4.78 is 0. The molecule has 3 heteroatoms. The Morgan fingerprint density at radius 1 is 1.45 bits per heavy atom. The van der Waals surface area contributed by atoms with E-state index >= 15 is 0 Å². The van der Waals surface area contributed by atoms with E-state index in [4.69, 9.17) is 10.2 Å². The Hall–Kier alpha value is -0.570. The van der Waals surface area contributed by atoms with Gasteiger partial charge in [0.15, 0.2) is 0 Å². The lowest BCUT2D eigenvalue weighted by Crippen LogP contribution is -1.99. The fraction of sp³-hybridized carbons (Fsp3) is 0.875. The van der Waals surface area contributed by atoms with Crippen LogP contribution in [0.25, 0.3) is 0 Å². The maximum Gasteiger partial charge on any atom is 0.303 e. The molecule has 0 amide bonds. The van der Waals surface area contributed by atoms with E-state index in [0.29, 0.717) is 0 Å². The Morgan fingerprint density at radius 2 is 2.00 bits per heavy atom. The highest BCUT2D eigenvalue weighted by molar-refractivity contribution is 5.67. The number of aliphatic carboxylic acids is 1. The fourth-order valence-electron chi connectivity index (χ4n) is 1.81. The minimum absolute atomic E-state index is 0.0349. The molecule has 0 aromatic carbocycles. The first-order valence-corrected chi connectivity index (χ1v) is 3.82. The lowest BCUT2D eigenvalue weighted by Gasteiger charge is -1.98. The second-order valence-electron chi connectivity index (χ2n) is 3.81. The van der Waals surface area contributed by atoms with Crippen LogP contribution in [0.4, 0.5) is 0 Å². The molecule has 0 saturated heterocycles. The molecule has 0 spiro atoms. The zero-order valence-corrected chi connectivity index (χ0v) is 6.87. The predicted molar refractivity (Wildman–Crippen MR) is 40.1 cm³/mol. The van der Waals surface area contributed by atoms with Gasteiger partial charge in [-0.05, 0) is 17.3 Å². The summed E-state index contributed by atoms with van der Waals surface area (Å²) in [6, 6.07) is 0. The van der Waals surface area contributed by atoms with Crippen LogP contribution in [-0.2, 0) is 4.79 Å². The highest BCUT2D eigenvalue weighted by Crippen LogP contribution is 2.59. The molecule has 0 aliphatic heterocycles. The number of hydrogen-bond acceptors (Lipinski definition) is 2. The summed E-state index contributed by atoms with van der Waals surface area (Å²) in [5.41, 5.74) is 0.0349. The number of aliphatic hydroxyl groups is 1. The summed E-state index contributed by atoms with van der Waals surface area (Å²) in [5.74, 6) is -0.400. The third-order valence-corrected chi connectivity index (χ3v) is 2.88. The average Bonchev–Trinajstić information content (AvgIpc) is 2.33. The van der Waals surface area contributed by atoms with Crippen LogP contribution in [0.15, 0.2) is 0 Å². The number of hydrogen-bond donors (Lipinski definition) is 2. The summed E-state index contributed by atoms with van der Waals surface area (Å²) in [6.07, 6.45) is 0.193. The van der Waals surface area contributed by atoms with E-state index in [1.807, 2.05) is 13.8 Å². The van der Waals surface area contributed by atoms with Gasteiger partial charge in [-0.1, -0.05) is 13.8 Å². The zero-order chi connectivity index (χ0) is 8.65. The molecule has 0 unspecified atom stereocenters. The number of carboxylic acids is 1. The zero-order valence-electron chi connectivity index (χ0n) is 6.87. The van der Waals surface area contributed by atoms with Gasteiger partial charge in [-0.25, -0.2) is 0 Å². The predicted octanol–water partition coefficient (Wildman–Crippen LogP) is 0.726. The molecule has 3 nitrogen and oxygen atoms in total. The van der Waals surface area contributed by atoms with Crippen molar-refractivity contribution in [1.29, 1.82) is 0 Å². The fourth-order valence-corrected chi connectivity index (χ4v) is 1.81. The van der Waals surface area contributed by atoms with Crippen LogP contribution < -0.4 is 0 Å². The van der Waals surface area contributed by atoms with Crippen LogP contribution in [0.3, 0.4) is 0 Å². The van der Waals surface area contributed by atoms with Gasteiger partial charge in [-0.15, -0.1) is 0 Å². The van der Waals surface area contributed by atoms with Crippen molar-refractivity contribution in [3.63, 3.8) is 0 Å². The van der Waals surface area contributed by atoms with Gasteiger partial charge in [-0.3, -0.25) is 4.79 Å². The van der Waals surface area contributed by atoms with E-state index < -0.39 is 5.97 Å². The highest BCUT2D eigenvalue weighted by atomic mass is 16.4. The quantitative estimate of drug-likeness (QED) is 0.636. The normalized spacial score (nSPS) is 33.4. The van der Waals surface area contributed by atoms with Gasteiger partial charge in [0.25, 0.3) is 0 Å². The van der Waals surface area contributed by atoms with Crippen LogP contribution in [0.2, 0.25) is 0 Å². The minimum atomic E-state index is -0.765. The minimum Gasteiger partial charge on any atom is -0.481 e. The van der Waals surface area contributed by atoms with E-state index in [-0.39, 0.29) is 30.3 Å². The van der Waals surface area contributed by atoms with E-state index in [1.54, 1.807) is 0 Å². The standard InChI is InChI=1S/C8H14O3/c1-8(2)5(3-7(10)11)6(8)4-9/h5-6,9H,3-4H2,1-2H3,(H,10,11)/t5-,6+/m1/s1. The molecule has 0 bridgehead atoms. The largest absolute Gasteiger partial charge is 0.481 e. The first-order valence-electron chi connectivity index (χ1n) is 3.82. The molecule has 2 N–H and O–H groups in total. The first kappa shape index (κ1) is 8.53. The van der Waals surface area contributed by atoms with Crippen LogP contribution in [0.5, 0.6) is 0 Å². The molecule has 0 aromatic heterocycles. The molecule has 11 heavy (non-hydrogen) atoms. The van der Waals surface area contributed by atoms with Crippen molar-refractivity contribution in [1.82, 2.24) is 0 Å². The van der Waals surface area contributed by atoms with Crippen molar-refractivity contribution in [2.75, 3.05) is 6.61 Å². The van der Waals surface area contributed by atoms with Crippen molar-refractivity contribution < 1.29 is 15.0 Å². The van der Waals surface area contributed by atoms with E-state index in [9.17, 15) is 4.79 Å². The van der Waals surface area contributed by atoms with Crippen LogP contribution in [0.1, 0.15) is 20.3 Å². The van der Waals surface area contributed by atoms with Gasteiger partial charge in [0.2, 0.25) is 0 Å². The van der Waals surface area contributed by atoms with E-state index in [2.05, 4.69) is 0 Å². The van der Waals surface area contributed by atoms with Gasteiger partial charge in [0.1, 0.15) is 0 Å². The summed E-state index contributed by atoms with van der Waals surface area (Å²) in [6.45, 7) is 4.12. The first-order chi connectivity index (χ1) is 5.00. The second-order valence-corrected chi connectivity index (χ2v) is 3.81. The summed E-state index contributed by atoms with van der Waals surface area (Å²) >= 11 is 0. The molecule has 64 valence electrons. The molecule has 1 aliphatic carbocycles. The van der Waals surface area contributed by atoms with Crippen molar-refractivity contribution in [3.8, 4) is 0 Å². The summed E-state index contributed by atoms with van der Waals surface area (Å²) in [7, 11) is 0. The Kier molecular flexibility index (Phi) is 1.92. The van der Waals surface area contributed by atoms with E-state index in [1.165, 1.54) is 0 Å². The Balaban J connectivity index is 2.46. The number of rotatable bonds is 3. The second kappa shape index (κ2) is 2.48. The van der Waals surface area contributed by atoms with Crippen molar-refractivity contribution >= 4 is 5.97 Å². The molecule has 0 radical (unpaired) electrons. The molecule has 0 heterocycles. The molecule has 0 aromatic rings. The summed E-state index contributed by atoms with van der Waals surface area (Å²) in [5, 5.41) is 17.3. The molecular formula is C8H14O3. The van der Waals surface area contributed by atoms with Crippen LogP contribution in [-0.4, -0.2) is 22.8 Å². The Morgan fingerprint density at radius 3 is 2.27 bits per heavy atom. The molecule has 1 aliphatic rings. The third kappa shape index (κ3) is 1.38. The van der Waals surface area contributed by atoms with Crippen molar-refractivity contribution in [2.24, 2.45) is 17.3 Å². The van der Waals surface area contributed by atoms with Gasteiger partial charge < -0.3 is 10.2 Å². The van der Waals surface area contributed by atoms with Gasteiger partial charge >= 0.3 is 5.97 Å².